The van der Waals surface area contributed by atoms with E-state index in [1.165, 1.54) is 29.4 Å². The van der Waals surface area contributed by atoms with Crippen molar-refractivity contribution in [2.75, 3.05) is 6.54 Å². The fourth-order valence-electron chi connectivity index (χ4n) is 4.39. The maximum atomic E-state index is 14.3. The topological polar surface area (TPSA) is 99.4 Å². The Morgan fingerprint density at radius 2 is 1.83 bits per heavy atom. The van der Waals surface area contributed by atoms with Crippen LogP contribution >= 0.6 is 0 Å². The summed E-state index contributed by atoms with van der Waals surface area (Å²) in [6.07, 6.45) is -8.22. The number of aromatic amines is 1. The minimum atomic E-state index is -5.14. The number of carbonyl (C=O) groups is 1. The van der Waals surface area contributed by atoms with Crippen LogP contribution in [0.2, 0.25) is 0 Å². The molecule has 8 nitrogen and oxygen atoms in total. The van der Waals surface area contributed by atoms with Crippen molar-refractivity contribution in [2.24, 2.45) is 5.10 Å². The summed E-state index contributed by atoms with van der Waals surface area (Å²) in [7, 11) is 0. The minimum absolute atomic E-state index is 0.00366. The first-order valence-electron chi connectivity index (χ1n) is 12.5. The van der Waals surface area contributed by atoms with Gasteiger partial charge in [0.25, 0.3) is 5.91 Å². The molecule has 3 heterocycles. The normalized spacial score (nSPS) is 14.1. The van der Waals surface area contributed by atoms with Crippen LogP contribution in [0.25, 0.3) is 22.6 Å². The van der Waals surface area contributed by atoms with E-state index in [2.05, 4.69) is 25.5 Å². The molecular formula is C27H21F7N6O2. The molecule has 0 radical (unpaired) electrons. The molecule has 0 saturated heterocycles. The van der Waals surface area contributed by atoms with Gasteiger partial charge < -0.3 is 14.8 Å². The number of fused-ring (bicyclic) bond motifs is 1. The molecule has 1 amide bonds. The summed E-state index contributed by atoms with van der Waals surface area (Å²) < 4.78 is 100. The fourth-order valence-corrected chi connectivity index (χ4v) is 4.39. The minimum Gasteiger partial charge on any atom is -0.358 e. The molecule has 2 N–H and O–H groups in total. The van der Waals surface area contributed by atoms with Crippen LogP contribution in [0.15, 0.2) is 58.2 Å². The van der Waals surface area contributed by atoms with Gasteiger partial charge in [-0.1, -0.05) is 30.3 Å². The lowest BCUT2D eigenvalue weighted by molar-refractivity contribution is -0.142. The van der Waals surface area contributed by atoms with Crippen LogP contribution in [0, 0.1) is 5.82 Å². The number of nitrogens with zero attached hydrogens (tertiary/aromatic N) is 4. The van der Waals surface area contributed by atoms with Gasteiger partial charge in [-0.05, 0) is 30.7 Å². The summed E-state index contributed by atoms with van der Waals surface area (Å²) in [6.45, 7) is 1.99. The molecular weight excluding hydrogens is 573 g/mol. The Morgan fingerprint density at radius 3 is 2.52 bits per heavy atom. The molecule has 4 aromatic rings. The first-order valence-corrected chi connectivity index (χ1v) is 12.5. The maximum absolute atomic E-state index is 14.3. The number of hydrogen-bond donors (Lipinski definition) is 2. The third kappa shape index (κ3) is 5.71. The first-order chi connectivity index (χ1) is 19.9. The molecule has 0 fully saturated rings. The van der Waals surface area contributed by atoms with E-state index in [4.69, 9.17) is 4.52 Å². The van der Waals surface area contributed by atoms with Gasteiger partial charge >= 0.3 is 12.4 Å². The van der Waals surface area contributed by atoms with Crippen LogP contribution in [0.1, 0.15) is 47.7 Å². The zero-order valence-electron chi connectivity index (χ0n) is 21.6. The number of imidazole rings is 1. The molecule has 2 aromatic heterocycles. The van der Waals surface area contributed by atoms with Gasteiger partial charge in [0.2, 0.25) is 0 Å². The van der Waals surface area contributed by atoms with Gasteiger partial charge in [-0.15, -0.1) is 0 Å². The van der Waals surface area contributed by atoms with E-state index in [1.54, 1.807) is 6.07 Å². The lowest BCUT2D eigenvalue weighted by Crippen LogP contribution is -2.39. The second kappa shape index (κ2) is 10.9. The van der Waals surface area contributed by atoms with Crippen LogP contribution in [0.5, 0.6) is 0 Å². The van der Waals surface area contributed by atoms with Gasteiger partial charge in [0.15, 0.2) is 11.8 Å². The van der Waals surface area contributed by atoms with E-state index in [-0.39, 0.29) is 36.3 Å². The lowest BCUT2D eigenvalue weighted by atomic mass is 10.00. The number of carbonyl (C=O) groups excluding carboxylic acids is 1. The number of hydrogen-bond acceptors (Lipinski definition) is 6. The summed E-state index contributed by atoms with van der Waals surface area (Å²) in [6, 6.07) is 6.83. The summed E-state index contributed by atoms with van der Waals surface area (Å²) in [5.41, 5.74) is -3.07. The average Bonchev–Trinajstić information content (AvgIpc) is 3.58. The van der Waals surface area contributed by atoms with Gasteiger partial charge in [-0.3, -0.25) is 9.80 Å². The number of halogens is 7. The number of hydrazone groups is 1. The van der Waals surface area contributed by atoms with Crippen molar-refractivity contribution in [3.05, 3.63) is 82.6 Å². The fraction of sp³-hybridized carbons (Fsp3) is 0.259. The van der Waals surface area contributed by atoms with Crippen molar-refractivity contribution in [2.45, 2.75) is 38.3 Å². The van der Waals surface area contributed by atoms with E-state index < -0.39 is 52.5 Å². The van der Waals surface area contributed by atoms with Crippen molar-refractivity contribution in [1.29, 1.82) is 0 Å². The second-order valence-electron chi connectivity index (χ2n) is 9.33. The van der Waals surface area contributed by atoms with E-state index in [0.717, 1.165) is 6.07 Å². The average molecular weight is 594 g/mol. The third-order valence-electron chi connectivity index (χ3n) is 6.41. The standard InChI is InChI=1S/C27H21F7N6O2/c1-2-9-35-25(41)23(40-13-21-20(12-36-40)37-24(38-21)16-5-3-4-6-18(16)28)22-11-19(39-42-22)15-8-7-14(26(29,30)31)10-17(15)27(32,33)34/h3-8,10-12,23H,2,9,13H2,1H3,(H,35,41)(H,37,38). The van der Waals surface area contributed by atoms with Crippen LogP contribution in [-0.2, 0) is 23.7 Å². The molecule has 1 atom stereocenters. The lowest BCUT2D eigenvalue weighted by Gasteiger charge is -2.27. The molecule has 0 saturated carbocycles. The molecule has 42 heavy (non-hydrogen) atoms. The van der Waals surface area contributed by atoms with Gasteiger partial charge in [-0.2, -0.15) is 31.4 Å². The number of alkyl halides is 6. The highest BCUT2D eigenvalue weighted by molar-refractivity contribution is 5.85. The molecule has 0 bridgehead atoms. The van der Waals surface area contributed by atoms with E-state index >= 15 is 0 Å². The van der Waals surface area contributed by atoms with E-state index in [1.807, 2.05) is 6.92 Å². The number of aromatic nitrogens is 3. The van der Waals surface area contributed by atoms with Crippen LogP contribution < -0.4 is 5.32 Å². The Kier molecular flexibility index (Phi) is 7.51. The molecule has 1 aliphatic heterocycles. The SMILES string of the molecule is CCCNC(=O)C(c1cc(-c2ccc(C(F)(F)F)cc2C(F)(F)F)no1)N1Cc2nc(-c3ccccc3F)[nH]c2C=N1. The molecule has 220 valence electrons. The van der Waals surface area contributed by atoms with Crippen LogP contribution in [-0.4, -0.2) is 38.8 Å². The second-order valence-corrected chi connectivity index (χ2v) is 9.33. The van der Waals surface area contributed by atoms with Gasteiger partial charge in [0, 0.05) is 18.2 Å². The Hall–Kier alpha value is -4.69. The molecule has 2 aromatic carbocycles. The van der Waals surface area contributed by atoms with Crippen molar-refractivity contribution in [1.82, 2.24) is 25.5 Å². The largest absolute Gasteiger partial charge is 0.417 e. The van der Waals surface area contributed by atoms with Crippen molar-refractivity contribution < 1.29 is 40.1 Å². The number of amides is 1. The van der Waals surface area contributed by atoms with E-state index in [0.29, 0.717) is 29.9 Å². The Morgan fingerprint density at radius 1 is 1.07 bits per heavy atom. The highest BCUT2D eigenvalue weighted by atomic mass is 19.4. The summed E-state index contributed by atoms with van der Waals surface area (Å²) in [5.74, 6) is -1.11. The van der Waals surface area contributed by atoms with Gasteiger partial charge in [0.1, 0.15) is 17.3 Å². The number of rotatable bonds is 7. The zero-order valence-corrected chi connectivity index (χ0v) is 21.6. The third-order valence-corrected chi connectivity index (χ3v) is 6.41. The van der Waals surface area contributed by atoms with E-state index in [9.17, 15) is 35.5 Å². The summed E-state index contributed by atoms with van der Waals surface area (Å²) >= 11 is 0. The predicted molar refractivity (Wildman–Crippen MR) is 135 cm³/mol. The Labute approximate surface area is 233 Å². The summed E-state index contributed by atoms with van der Waals surface area (Å²) in [4.78, 5) is 20.6. The highest BCUT2D eigenvalue weighted by Crippen LogP contribution is 2.41. The van der Waals surface area contributed by atoms with Crippen LogP contribution in [0.3, 0.4) is 0 Å². The Bertz CT molecular complexity index is 1640. The molecule has 1 aliphatic rings. The first kappa shape index (κ1) is 28.8. The molecule has 0 spiro atoms. The maximum Gasteiger partial charge on any atom is 0.417 e. The monoisotopic (exact) mass is 594 g/mol. The van der Waals surface area contributed by atoms with Crippen molar-refractivity contribution >= 4 is 12.1 Å². The van der Waals surface area contributed by atoms with Crippen molar-refractivity contribution in [3.63, 3.8) is 0 Å². The zero-order chi connectivity index (χ0) is 30.2. The quantitative estimate of drug-likeness (QED) is 0.244. The molecule has 1 unspecified atom stereocenters. The van der Waals surface area contributed by atoms with Gasteiger partial charge in [-0.25, -0.2) is 9.37 Å². The number of H-pyrrole nitrogens is 1. The summed E-state index contributed by atoms with van der Waals surface area (Å²) in [5, 5.41) is 11.9. The Balaban J connectivity index is 1.50. The van der Waals surface area contributed by atoms with Crippen LogP contribution in [0.4, 0.5) is 30.7 Å². The highest BCUT2D eigenvalue weighted by Gasteiger charge is 2.40. The number of benzene rings is 2. The smallest absolute Gasteiger partial charge is 0.358 e. The van der Waals surface area contributed by atoms with Gasteiger partial charge in [0.05, 0.1) is 40.8 Å². The number of nitrogens with one attached hydrogen (secondary N) is 2. The predicted octanol–water partition coefficient (Wildman–Crippen LogP) is 6.33. The molecule has 5 rings (SSSR count). The molecule has 0 aliphatic carbocycles. The van der Waals surface area contributed by atoms with Crippen molar-refractivity contribution in [3.8, 4) is 22.6 Å². The molecule has 15 heteroatoms.